The molecule has 0 bridgehead atoms. The molecule has 0 aliphatic heterocycles. The van der Waals surface area contributed by atoms with E-state index in [9.17, 15) is 4.79 Å². The average Bonchev–Trinajstić information content (AvgIpc) is 2.75. The topological polar surface area (TPSA) is 83.8 Å². The summed E-state index contributed by atoms with van der Waals surface area (Å²) in [5.41, 5.74) is 0.732. The predicted octanol–water partition coefficient (Wildman–Crippen LogP) is 0.661. The van der Waals surface area contributed by atoms with Crippen LogP contribution >= 0.6 is 0 Å². The van der Waals surface area contributed by atoms with E-state index in [1.54, 1.807) is 24.0 Å². The van der Waals surface area contributed by atoms with Gasteiger partial charge in [-0.2, -0.15) is 5.10 Å². The number of nitrogens with zero attached hydrogens (tertiary/aromatic N) is 3. The molecule has 0 amide bonds. The first-order chi connectivity index (χ1) is 7.16. The SMILES string of the molecule is Cc1nn(Cc2ncc[nH]2)cc1C(=O)O. The number of carbonyl (C=O) groups is 1. The molecule has 2 N–H and O–H groups in total. The van der Waals surface area contributed by atoms with Gasteiger partial charge in [0.25, 0.3) is 0 Å². The number of carboxylic acid groups (broad SMARTS) is 1. The number of rotatable bonds is 3. The molecule has 6 heteroatoms. The van der Waals surface area contributed by atoms with E-state index < -0.39 is 5.97 Å². The Morgan fingerprint density at radius 2 is 2.47 bits per heavy atom. The second-order valence-corrected chi connectivity index (χ2v) is 3.17. The Labute approximate surface area is 85.6 Å². The van der Waals surface area contributed by atoms with Crippen molar-refractivity contribution in [1.82, 2.24) is 19.7 Å². The van der Waals surface area contributed by atoms with Crippen molar-refractivity contribution >= 4 is 5.97 Å². The van der Waals surface area contributed by atoms with Crippen molar-refractivity contribution in [3.05, 3.63) is 35.7 Å². The monoisotopic (exact) mass is 206 g/mol. The third-order valence-electron chi connectivity index (χ3n) is 2.04. The summed E-state index contributed by atoms with van der Waals surface area (Å²) in [4.78, 5) is 17.7. The van der Waals surface area contributed by atoms with Crippen LogP contribution in [0.3, 0.4) is 0 Å². The highest BCUT2D eigenvalue weighted by molar-refractivity contribution is 5.88. The van der Waals surface area contributed by atoms with E-state index >= 15 is 0 Å². The second kappa shape index (κ2) is 3.56. The van der Waals surface area contributed by atoms with Crippen LogP contribution in [0.15, 0.2) is 18.6 Å². The number of carboxylic acids is 1. The van der Waals surface area contributed by atoms with Gasteiger partial charge in [0.1, 0.15) is 11.4 Å². The van der Waals surface area contributed by atoms with Crippen molar-refractivity contribution in [2.45, 2.75) is 13.5 Å². The number of imidazole rings is 1. The molecule has 0 spiro atoms. The summed E-state index contributed by atoms with van der Waals surface area (Å²) in [6.45, 7) is 2.11. The summed E-state index contributed by atoms with van der Waals surface area (Å²) in [5, 5.41) is 12.9. The summed E-state index contributed by atoms with van der Waals surface area (Å²) in [6, 6.07) is 0. The van der Waals surface area contributed by atoms with E-state index in [0.717, 1.165) is 5.82 Å². The first-order valence-corrected chi connectivity index (χ1v) is 4.42. The van der Waals surface area contributed by atoms with E-state index in [-0.39, 0.29) is 5.56 Å². The van der Waals surface area contributed by atoms with E-state index in [4.69, 9.17) is 5.11 Å². The minimum Gasteiger partial charge on any atom is -0.478 e. The van der Waals surface area contributed by atoms with Crippen molar-refractivity contribution in [3.8, 4) is 0 Å². The third-order valence-corrected chi connectivity index (χ3v) is 2.04. The minimum absolute atomic E-state index is 0.224. The van der Waals surface area contributed by atoms with Crippen LogP contribution in [0, 0.1) is 6.92 Å². The highest BCUT2D eigenvalue weighted by Gasteiger charge is 2.11. The Kier molecular flexibility index (Phi) is 2.24. The van der Waals surface area contributed by atoms with Crippen LogP contribution in [0.25, 0.3) is 0 Å². The zero-order valence-electron chi connectivity index (χ0n) is 8.14. The molecule has 0 atom stereocenters. The van der Waals surface area contributed by atoms with E-state index in [1.807, 2.05) is 0 Å². The third kappa shape index (κ3) is 1.88. The van der Waals surface area contributed by atoms with Gasteiger partial charge in [0, 0.05) is 18.6 Å². The molecule has 2 aromatic rings. The molecule has 0 radical (unpaired) electrons. The molecule has 0 saturated heterocycles. The first kappa shape index (κ1) is 9.45. The molecule has 2 heterocycles. The number of aromatic carboxylic acids is 1. The standard InChI is InChI=1S/C9H10N4O2/c1-6-7(9(14)15)4-13(12-6)5-8-10-2-3-11-8/h2-4H,5H2,1H3,(H,10,11)(H,14,15). The lowest BCUT2D eigenvalue weighted by Crippen LogP contribution is -2.02. The van der Waals surface area contributed by atoms with Crippen LogP contribution in [-0.4, -0.2) is 30.8 Å². The molecule has 15 heavy (non-hydrogen) atoms. The van der Waals surface area contributed by atoms with Crippen LogP contribution in [-0.2, 0) is 6.54 Å². The fraction of sp³-hybridized carbons (Fsp3) is 0.222. The maximum Gasteiger partial charge on any atom is 0.339 e. The number of aromatic nitrogens is 4. The van der Waals surface area contributed by atoms with Crippen molar-refractivity contribution in [1.29, 1.82) is 0 Å². The fourth-order valence-corrected chi connectivity index (χ4v) is 1.35. The minimum atomic E-state index is -0.960. The molecule has 0 saturated carbocycles. The predicted molar refractivity (Wildman–Crippen MR) is 51.6 cm³/mol. The fourth-order valence-electron chi connectivity index (χ4n) is 1.35. The lowest BCUT2D eigenvalue weighted by Gasteiger charge is -1.95. The molecule has 2 rings (SSSR count). The first-order valence-electron chi connectivity index (χ1n) is 4.42. The van der Waals surface area contributed by atoms with Gasteiger partial charge >= 0.3 is 5.97 Å². The van der Waals surface area contributed by atoms with Crippen molar-refractivity contribution in [3.63, 3.8) is 0 Å². The van der Waals surface area contributed by atoms with Crippen LogP contribution in [0.4, 0.5) is 0 Å². The van der Waals surface area contributed by atoms with E-state index in [0.29, 0.717) is 12.2 Å². The lowest BCUT2D eigenvalue weighted by molar-refractivity contribution is 0.0696. The Balaban J connectivity index is 2.23. The second-order valence-electron chi connectivity index (χ2n) is 3.17. The molecule has 0 aromatic carbocycles. The van der Waals surface area contributed by atoms with Crippen molar-refractivity contribution < 1.29 is 9.90 Å². The highest BCUT2D eigenvalue weighted by Crippen LogP contribution is 2.06. The van der Waals surface area contributed by atoms with Crippen LogP contribution in [0.2, 0.25) is 0 Å². The summed E-state index contributed by atoms with van der Waals surface area (Å²) < 4.78 is 1.55. The van der Waals surface area contributed by atoms with Gasteiger partial charge in [-0.1, -0.05) is 0 Å². The normalized spacial score (nSPS) is 10.5. The Hall–Kier alpha value is -2.11. The number of nitrogens with one attached hydrogen (secondary N) is 1. The smallest absolute Gasteiger partial charge is 0.339 e. The maximum atomic E-state index is 10.8. The molecule has 0 unspecified atom stereocenters. The summed E-state index contributed by atoms with van der Waals surface area (Å²) in [7, 11) is 0. The molecule has 6 nitrogen and oxygen atoms in total. The number of hydrogen-bond acceptors (Lipinski definition) is 3. The van der Waals surface area contributed by atoms with Crippen LogP contribution < -0.4 is 0 Å². The molecule has 0 aliphatic carbocycles. The maximum absolute atomic E-state index is 10.8. The molecule has 0 fully saturated rings. The van der Waals surface area contributed by atoms with Gasteiger partial charge in [-0.15, -0.1) is 0 Å². The number of H-pyrrole nitrogens is 1. The van der Waals surface area contributed by atoms with Gasteiger partial charge < -0.3 is 10.1 Å². The van der Waals surface area contributed by atoms with Gasteiger partial charge in [0.15, 0.2) is 0 Å². The molecule has 78 valence electrons. The van der Waals surface area contributed by atoms with Gasteiger partial charge in [-0.25, -0.2) is 9.78 Å². The molecule has 2 aromatic heterocycles. The van der Waals surface area contributed by atoms with E-state index in [1.165, 1.54) is 6.20 Å². The highest BCUT2D eigenvalue weighted by atomic mass is 16.4. The summed E-state index contributed by atoms with van der Waals surface area (Å²) >= 11 is 0. The lowest BCUT2D eigenvalue weighted by atomic mass is 10.3. The molecule has 0 aliphatic rings. The number of hydrogen-bond donors (Lipinski definition) is 2. The Morgan fingerprint density at radius 3 is 3.00 bits per heavy atom. The van der Waals surface area contributed by atoms with Gasteiger partial charge in [0.05, 0.1) is 12.2 Å². The quantitative estimate of drug-likeness (QED) is 0.772. The van der Waals surface area contributed by atoms with Gasteiger partial charge in [-0.05, 0) is 6.92 Å². The summed E-state index contributed by atoms with van der Waals surface area (Å²) in [6.07, 6.45) is 4.85. The Bertz CT molecular complexity index is 472. The van der Waals surface area contributed by atoms with E-state index in [2.05, 4.69) is 15.1 Å². The average molecular weight is 206 g/mol. The van der Waals surface area contributed by atoms with Gasteiger partial charge in [0.2, 0.25) is 0 Å². The van der Waals surface area contributed by atoms with Crippen molar-refractivity contribution in [2.24, 2.45) is 0 Å². The van der Waals surface area contributed by atoms with Crippen LogP contribution in [0.5, 0.6) is 0 Å². The number of aromatic amines is 1. The molecular weight excluding hydrogens is 196 g/mol. The zero-order valence-corrected chi connectivity index (χ0v) is 8.14. The van der Waals surface area contributed by atoms with Gasteiger partial charge in [-0.3, -0.25) is 4.68 Å². The molecular formula is C9H10N4O2. The zero-order chi connectivity index (χ0) is 10.8. The Morgan fingerprint density at radius 1 is 1.67 bits per heavy atom. The largest absolute Gasteiger partial charge is 0.478 e. The number of aryl methyl sites for hydroxylation is 1. The van der Waals surface area contributed by atoms with Crippen molar-refractivity contribution in [2.75, 3.05) is 0 Å². The van der Waals surface area contributed by atoms with Crippen LogP contribution in [0.1, 0.15) is 21.9 Å². The summed E-state index contributed by atoms with van der Waals surface area (Å²) in [5.74, 6) is -0.215.